The van der Waals surface area contributed by atoms with Crippen molar-refractivity contribution in [2.45, 2.75) is 32.5 Å². The molecule has 6 heteroatoms. The average Bonchev–Trinajstić information content (AvgIpc) is 2.28. The van der Waals surface area contributed by atoms with Gasteiger partial charge >= 0.3 is 6.18 Å². The summed E-state index contributed by atoms with van der Waals surface area (Å²) in [6.07, 6.45) is -3.59. The van der Waals surface area contributed by atoms with Crippen molar-refractivity contribution in [2.75, 3.05) is 39.3 Å². The molecular weight excluding hydrogens is 245 g/mol. The standard InChI is InChI=1S/C12H23F3N2O/c1-3-10(2)11(18)8-16-4-6-17(7-5-16)9-12(13,14)15/h10-11,18H,3-9H2,1-2H3. The fraction of sp³-hybridized carbons (Fsp3) is 1.00. The molecule has 0 saturated carbocycles. The third-order valence-electron chi connectivity index (χ3n) is 3.61. The third kappa shape index (κ3) is 5.54. The Kier molecular flexibility index (Phi) is 5.88. The molecule has 0 aliphatic carbocycles. The van der Waals surface area contributed by atoms with E-state index >= 15 is 0 Å². The molecule has 1 aliphatic heterocycles. The van der Waals surface area contributed by atoms with Gasteiger partial charge in [-0.05, 0) is 5.92 Å². The van der Waals surface area contributed by atoms with Crippen molar-refractivity contribution in [1.29, 1.82) is 0 Å². The fourth-order valence-corrected chi connectivity index (χ4v) is 2.10. The van der Waals surface area contributed by atoms with Crippen LogP contribution in [-0.4, -0.2) is 66.5 Å². The van der Waals surface area contributed by atoms with Crippen LogP contribution in [0, 0.1) is 5.92 Å². The van der Waals surface area contributed by atoms with Crippen molar-refractivity contribution in [3.63, 3.8) is 0 Å². The first-order valence-corrected chi connectivity index (χ1v) is 6.51. The van der Waals surface area contributed by atoms with Gasteiger partial charge in [-0.1, -0.05) is 20.3 Å². The quantitative estimate of drug-likeness (QED) is 0.820. The van der Waals surface area contributed by atoms with Gasteiger partial charge in [0.1, 0.15) is 0 Å². The SMILES string of the molecule is CCC(C)C(O)CN1CCN(CC(F)(F)F)CC1. The van der Waals surface area contributed by atoms with Crippen LogP contribution < -0.4 is 0 Å². The van der Waals surface area contributed by atoms with Crippen molar-refractivity contribution in [3.8, 4) is 0 Å². The number of halogens is 3. The molecule has 1 N–H and O–H groups in total. The van der Waals surface area contributed by atoms with Gasteiger partial charge in [0.05, 0.1) is 12.6 Å². The molecule has 0 amide bonds. The van der Waals surface area contributed by atoms with Gasteiger partial charge in [0, 0.05) is 32.7 Å². The highest BCUT2D eigenvalue weighted by Crippen LogP contribution is 2.18. The van der Waals surface area contributed by atoms with Crippen LogP contribution in [0.25, 0.3) is 0 Å². The Morgan fingerprint density at radius 1 is 1.11 bits per heavy atom. The van der Waals surface area contributed by atoms with E-state index in [4.69, 9.17) is 0 Å². The highest BCUT2D eigenvalue weighted by molar-refractivity contribution is 4.77. The molecule has 2 atom stereocenters. The van der Waals surface area contributed by atoms with E-state index in [2.05, 4.69) is 0 Å². The number of rotatable bonds is 5. The summed E-state index contributed by atoms with van der Waals surface area (Å²) in [6, 6.07) is 0. The van der Waals surface area contributed by atoms with Crippen LogP contribution in [0.3, 0.4) is 0 Å². The molecule has 0 aromatic carbocycles. The van der Waals surface area contributed by atoms with Crippen LogP contribution in [-0.2, 0) is 0 Å². The van der Waals surface area contributed by atoms with Gasteiger partial charge in [0.15, 0.2) is 0 Å². The maximum absolute atomic E-state index is 12.2. The van der Waals surface area contributed by atoms with E-state index in [9.17, 15) is 18.3 Å². The maximum atomic E-state index is 12.2. The number of hydrogen-bond donors (Lipinski definition) is 1. The molecule has 1 fully saturated rings. The van der Waals surface area contributed by atoms with E-state index in [1.165, 1.54) is 4.90 Å². The Labute approximate surface area is 107 Å². The number of β-amino-alcohol motifs (C(OH)–C–C–N with tert-alkyl or cyclic N) is 1. The van der Waals surface area contributed by atoms with Gasteiger partial charge in [-0.2, -0.15) is 13.2 Å². The highest BCUT2D eigenvalue weighted by atomic mass is 19.4. The molecule has 0 aromatic rings. The lowest BCUT2D eigenvalue weighted by atomic mass is 10.0. The van der Waals surface area contributed by atoms with E-state index in [-0.39, 0.29) is 12.0 Å². The van der Waals surface area contributed by atoms with Crippen LogP contribution in [0.5, 0.6) is 0 Å². The lowest BCUT2D eigenvalue weighted by Gasteiger charge is -2.36. The zero-order valence-electron chi connectivity index (χ0n) is 11.1. The summed E-state index contributed by atoms with van der Waals surface area (Å²) in [5.41, 5.74) is 0. The summed E-state index contributed by atoms with van der Waals surface area (Å²) < 4.78 is 36.6. The Morgan fingerprint density at radius 2 is 1.61 bits per heavy atom. The zero-order valence-corrected chi connectivity index (χ0v) is 11.1. The fourth-order valence-electron chi connectivity index (χ4n) is 2.10. The van der Waals surface area contributed by atoms with E-state index in [1.54, 1.807) is 0 Å². The second-order valence-electron chi connectivity index (χ2n) is 5.14. The van der Waals surface area contributed by atoms with E-state index in [0.29, 0.717) is 32.7 Å². The summed E-state index contributed by atoms with van der Waals surface area (Å²) in [5, 5.41) is 9.89. The molecule has 1 rings (SSSR count). The van der Waals surface area contributed by atoms with Crippen LogP contribution in [0.2, 0.25) is 0 Å². The van der Waals surface area contributed by atoms with Crippen molar-refractivity contribution < 1.29 is 18.3 Å². The number of aliphatic hydroxyl groups is 1. The van der Waals surface area contributed by atoms with Gasteiger partial charge in [0.2, 0.25) is 0 Å². The highest BCUT2D eigenvalue weighted by Gasteiger charge is 2.32. The van der Waals surface area contributed by atoms with E-state index in [0.717, 1.165) is 6.42 Å². The number of piperazine rings is 1. The molecule has 3 nitrogen and oxygen atoms in total. The molecular formula is C12H23F3N2O. The molecule has 0 spiro atoms. The summed E-state index contributed by atoms with van der Waals surface area (Å²) in [6.45, 7) is 5.80. The average molecular weight is 268 g/mol. The first-order valence-electron chi connectivity index (χ1n) is 6.51. The molecule has 1 aliphatic rings. The van der Waals surface area contributed by atoms with Crippen LogP contribution >= 0.6 is 0 Å². The Bertz CT molecular complexity index is 240. The first kappa shape index (κ1) is 15.7. The zero-order chi connectivity index (χ0) is 13.8. The van der Waals surface area contributed by atoms with Crippen molar-refractivity contribution in [3.05, 3.63) is 0 Å². The molecule has 0 radical (unpaired) electrons. The molecule has 1 saturated heterocycles. The Balaban J connectivity index is 2.27. The summed E-state index contributed by atoms with van der Waals surface area (Å²) in [4.78, 5) is 3.47. The minimum absolute atomic E-state index is 0.234. The van der Waals surface area contributed by atoms with Gasteiger partial charge in [-0.25, -0.2) is 0 Å². The minimum Gasteiger partial charge on any atom is -0.392 e. The van der Waals surface area contributed by atoms with Crippen LogP contribution in [0.1, 0.15) is 20.3 Å². The number of aliphatic hydroxyl groups excluding tert-OH is 1. The lowest BCUT2D eigenvalue weighted by molar-refractivity contribution is -0.149. The predicted molar refractivity (Wildman–Crippen MR) is 64.4 cm³/mol. The molecule has 0 bridgehead atoms. The monoisotopic (exact) mass is 268 g/mol. The molecule has 2 unspecified atom stereocenters. The normalized spacial score (nSPS) is 23.0. The van der Waals surface area contributed by atoms with Crippen LogP contribution in [0.15, 0.2) is 0 Å². The first-order chi connectivity index (χ1) is 8.31. The van der Waals surface area contributed by atoms with Crippen molar-refractivity contribution >= 4 is 0 Å². The minimum atomic E-state index is -4.11. The molecule has 18 heavy (non-hydrogen) atoms. The number of hydrogen-bond acceptors (Lipinski definition) is 3. The number of nitrogens with zero attached hydrogens (tertiary/aromatic N) is 2. The van der Waals surface area contributed by atoms with Crippen molar-refractivity contribution in [2.24, 2.45) is 5.92 Å². The number of alkyl halides is 3. The molecule has 0 aromatic heterocycles. The summed E-state index contributed by atoms with van der Waals surface area (Å²) >= 11 is 0. The second-order valence-corrected chi connectivity index (χ2v) is 5.14. The Morgan fingerprint density at radius 3 is 2.06 bits per heavy atom. The molecule has 108 valence electrons. The molecule has 1 heterocycles. The second kappa shape index (κ2) is 6.73. The van der Waals surface area contributed by atoms with E-state index < -0.39 is 12.7 Å². The summed E-state index contributed by atoms with van der Waals surface area (Å²) in [5.74, 6) is 0.234. The van der Waals surface area contributed by atoms with Gasteiger partial charge < -0.3 is 5.11 Å². The smallest absolute Gasteiger partial charge is 0.392 e. The van der Waals surface area contributed by atoms with Crippen molar-refractivity contribution in [1.82, 2.24) is 9.80 Å². The van der Waals surface area contributed by atoms with E-state index in [1.807, 2.05) is 18.7 Å². The summed E-state index contributed by atoms with van der Waals surface area (Å²) in [7, 11) is 0. The predicted octanol–water partition coefficient (Wildman–Crippen LogP) is 1.57. The lowest BCUT2D eigenvalue weighted by Crippen LogP contribution is -2.51. The Hall–Kier alpha value is -0.330. The third-order valence-corrected chi connectivity index (χ3v) is 3.61. The van der Waals surface area contributed by atoms with Gasteiger partial charge in [-0.15, -0.1) is 0 Å². The largest absolute Gasteiger partial charge is 0.401 e. The topological polar surface area (TPSA) is 26.7 Å². The van der Waals surface area contributed by atoms with Gasteiger partial charge in [-0.3, -0.25) is 9.80 Å². The van der Waals surface area contributed by atoms with Gasteiger partial charge in [0.25, 0.3) is 0 Å². The van der Waals surface area contributed by atoms with Crippen LogP contribution in [0.4, 0.5) is 13.2 Å². The maximum Gasteiger partial charge on any atom is 0.401 e.